The van der Waals surface area contributed by atoms with E-state index in [1.165, 1.54) is 12.1 Å². The summed E-state index contributed by atoms with van der Waals surface area (Å²) in [5, 5.41) is 13.7. The lowest BCUT2D eigenvalue weighted by molar-refractivity contribution is -0.384. The Balaban J connectivity index is 1.70. The van der Waals surface area contributed by atoms with Gasteiger partial charge in [-0.2, -0.15) is 0 Å². The monoisotopic (exact) mass is 362 g/mol. The van der Waals surface area contributed by atoms with Crippen molar-refractivity contribution in [2.24, 2.45) is 0 Å². The summed E-state index contributed by atoms with van der Waals surface area (Å²) in [6, 6.07) is 9.08. The maximum absolute atomic E-state index is 12.2. The highest BCUT2D eigenvalue weighted by Gasteiger charge is 2.16. The molecule has 0 saturated heterocycles. The molecule has 7 nitrogen and oxygen atoms in total. The van der Waals surface area contributed by atoms with Crippen molar-refractivity contribution in [2.75, 3.05) is 18.5 Å². The first-order valence-electron chi connectivity index (χ1n) is 7.65. The van der Waals surface area contributed by atoms with Crippen LogP contribution in [-0.4, -0.2) is 24.0 Å². The summed E-state index contributed by atoms with van der Waals surface area (Å²) in [4.78, 5) is 22.4. The highest BCUT2D eigenvalue weighted by molar-refractivity contribution is 6.34. The second-order valence-electron chi connectivity index (χ2n) is 5.48. The number of nitro groups is 1. The van der Waals surface area contributed by atoms with Gasteiger partial charge in [-0.15, -0.1) is 0 Å². The van der Waals surface area contributed by atoms with E-state index < -0.39 is 4.92 Å². The number of carbonyl (C=O) groups excluding carboxylic acids is 1. The van der Waals surface area contributed by atoms with Crippen LogP contribution in [0.3, 0.4) is 0 Å². The minimum Gasteiger partial charge on any atom is -0.490 e. The van der Waals surface area contributed by atoms with Gasteiger partial charge in [-0.1, -0.05) is 23.7 Å². The van der Waals surface area contributed by atoms with Gasteiger partial charge in [-0.05, 0) is 5.56 Å². The maximum Gasteiger partial charge on any atom is 0.269 e. The molecule has 25 heavy (non-hydrogen) atoms. The van der Waals surface area contributed by atoms with E-state index in [-0.39, 0.29) is 18.0 Å². The first-order chi connectivity index (χ1) is 12.0. The predicted octanol–water partition coefficient (Wildman–Crippen LogP) is 3.59. The molecular weight excluding hydrogens is 348 g/mol. The van der Waals surface area contributed by atoms with Gasteiger partial charge in [0.1, 0.15) is 0 Å². The number of non-ortho nitro benzene ring substituents is 1. The van der Waals surface area contributed by atoms with Crippen molar-refractivity contribution in [3.05, 3.63) is 57.1 Å². The average molecular weight is 363 g/mol. The van der Waals surface area contributed by atoms with Crippen molar-refractivity contribution < 1.29 is 19.2 Å². The maximum atomic E-state index is 12.2. The fourth-order valence-corrected chi connectivity index (χ4v) is 2.60. The summed E-state index contributed by atoms with van der Waals surface area (Å²) in [7, 11) is 0. The number of carbonyl (C=O) groups is 1. The number of fused-ring (bicyclic) bond motifs is 1. The van der Waals surface area contributed by atoms with Crippen LogP contribution in [0, 0.1) is 10.1 Å². The molecular formula is C17H15ClN2O5. The van der Waals surface area contributed by atoms with Gasteiger partial charge in [-0.25, -0.2) is 0 Å². The summed E-state index contributed by atoms with van der Waals surface area (Å²) in [5.74, 6) is 0.800. The molecule has 0 fully saturated rings. The molecule has 3 rings (SSSR count). The van der Waals surface area contributed by atoms with Gasteiger partial charge in [0.05, 0.1) is 35.3 Å². The Kier molecular flexibility index (Phi) is 5.04. The zero-order valence-corrected chi connectivity index (χ0v) is 13.9. The number of benzene rings is 2. The van der Waals surface area contributed by atoms with Gasteiger partial charge in [-0.3, -0.25) is 14.9 Å². The number of hydrogen-bond acceptors (Lipinski definition) is 5. The molecule has 1 aliphatic rings. The SMILES string of the molecule is O=C(Cc1ccc([N+](=O)[O-])cc1)Nc1cc2c(cc1Cl)OCCCO2. The zero-order valence-electron chi connectivity index (χ0n) is 13.2. The third kappa shape index (κ3) is 4.19. The number of ether oxygens (including phenoxy) is 2. The van der Waals surface area contributed by atoms with E-state index in [2.05, 4.69) is 5.32 Å². The van der Waals surface area contributed by atoms with Gasteiger partial charge in [0.15, 0.2) is 11.5 Å². The number of rotatable bonds is 4. The topological polar surface area (TPSA) is 90.7 Å². The lowest BCUT2D eigenvalue weighted by Gasteiger charge is -2.12. The van der Waals surface area contributed by atoms with Crippen molar-refractivity contribution in [1.82, 2.24) is 0 Å². The van der Waals surface area contributed by atoms with Crippen LogP contribution >= 0.6 is 11.6 Å². The van der Waals surface area contributed by atoms with Crippen LogP contribution in [0.15, 0.2) is 36.4 Å². The minimum absolute atomic E-state index is 0.0184. The smallest absolute Gasteiger partial charge is 0.269 e. The quantitative estimate of drug-likeness (QED) is 0.663. The summed E-state index contributed by atoms with van der Waals surface area (Å²) >= 11 is 6.19. The lowest BCUT2D eigenvalue weighted by atomic mass is 10.1. The van der Waals surface area contributed by atoms with Gasteiger partial charge in [0, 0.05) is 30.7 Å². The van der Waals surface area contributed by atoms with Gasteiger partial charge < -0.3 is 14.8 Å². The lowest BCUT2D eigenvalue weighted by Crippen LogP contribution is -2.14. The molecule has 130 valence electrons. The van der Waals surface area contributed by atoms with Crippen LogP contribution < -0.4 is 14.8 Å². The van der Waals surface area contributed by atoms with E-state index in [1.54, 1.807) is 24.3 Å². The van der Waals surface area contributed by atoms with Crippen LogP contribution in [0.2, 0.25) is 5.02 Å². The standard InChI is InChI=1S/C17H15ClN2O5/c18-13-9-15-16(25-7-1-6-24-15)10-14(13)19-17(21)8-11-2-4-12(5-3-11)20(22)23/h2-5,9-10H,1,6-8H2,(H,19,21). The summed E-state index contributed by atoms with van der Waals surface area (Å²) < 4.78 is 11.1. The van der Waals surface area contributed by atoms with Crippen molar-refractivity contribution in [2.45, 2.75) is 12.8 Å². The Labute approximate surface area is 148 Å². The second kappa shape index (κ2) is 7.40. The van der Waals surface area contributed by atoms with E-state index in [0.717, 1.165) is 6.42 Å². The number of anilines is 1. The summed E-state index contributed by atoms with van der Waals surface area (Å²) in [6.45, 7) is 1.08. The van der Waals surface area contributed by atoms with Crippen LogP contribution in [0.25, 0.3) is 0 Å². The molecule has 0 atom stereocenters. The van der Waals surface area contributed by atoms with Gasteiger partial charge in [0.25, 0.3) is 5.69 Å². The number of nitro benzene ring substituents is 1. The molecule has 8 heteroatoms. The molecule has 1 N–H and O–H groups in total. The van der Waals surface area contributed by atoms with E-state index in [0.29, 0.717) is 41.0 Å². The Bertz CT molecular complexity index is 807. The van der Waals surface area contributed by atoms with E-state index in [4.69, 9.17) is 21.1 Å². The first-order valence-corrected chi connectivity index (χ1v) is 8.03. The van der Waals surface area contributed by atoms with Crippen LogP contribution in [0.1, 0.15) is 12.0 Å². The molecule has 0 aliphatic carbocycles. The Morgan fingerprint density at radius 3 is 2.44 bits per heavy atom. The van der Waals surface area contributed by atoms with Crippen LogP contribution in [-0.2, 0) is 11.2 Å². The molecule has 2 aromatic carbocycles. The third-order valence-electron chi connectivity index (χ3n) is 3.62. The number of hydrogen-bond donors (Lipinski definition) is 1. The molecule has 0 unspecified atom stereocenters. The summed E-state index contributed by atoms with van der Waals surface area (Å²) in [5.41, 5.74) is 1.07. The molecule has 0 bridgehead atoms. The van der Waals surface area contributed by atoms with Crippen molar-refractivity contribution in [1.29, 1.82) is 0 Å². The molecule has 1 amide bonds. The molecule has 0 spiro atoms. The zero-order chi connectivity index (χ0) is 17.8. The minimum atomic E-state index is -0.485. The molecule has 0 aromatic heterocycles. The molecule has 2 aromatic rings. The molecule has 1 heterocycles. The largest absolute Gasteiger partial charge is 0.490 e. The second-order valence-corrected chi connectivity index (χ2v) is 5.88. The molecule has 0 saturated carbocycles. The molecule has 1 aliphatic heterocycles. The van der Waals surface area contributed by atoms with Crippen LogP contribution in [0.4, 0.5) is 11.4 Å². The summed E-state index contributed by atoms with van der Waals surface area (Å²) in [6.07, 6.45) is 0.844. The van der Waals surface area contributed by atoms with Crippen molar-refractivity contribution in [3.63, 3.8) is 0 Å². The highest BCUT2D eigenvalue weighted by Crippen LogP contribution is 2.37. The Hall–Kier alpha value is -2.80. The van der Waals surface area contributed by atoms with Gasteiger partial charge in [0.2, 0.25) is 5.91 Å². The normalized spacial score (nSPS) is 13.0. The highest BCUT2D eigenvalue weighted by atomic mass is 35.5. The van der Waals surface area contributed by atoms with E-state index in [9.17, 15) is 14.9 Å². The average Bonchev–Trinajstić information content (AvgIpc) is 2.80. The number of nitrogens with one attached hydrogen (secondary N) is 1. The molecule has 0 radical (unpaired) electrons. The fourth-order valence-electron chi connectivity index (χ4n) is 2.40. The number of halogens is 1. The predicted molar refractivity (Wildman–Crippen MR) is 92.5 cm³/mol. The Morgan fingerprint density at radius 2 is 1.80 bits per heavy atom. The van der Waals surface area contributed by atoms with Crippen molar-refractivity contribution >= 4 is 28.9 Å². The van der Waals surface area contributed by atoms with E-state index >= 15 is 0 Å². The van der Waals surface area contributed by atoms with Crippen LogP contribution in [0.5, 0.6) is 11.5 Å². The first kappa shape index (κ1) is 17.0. The third-order valence-corrected chi connectivity index (χ3v) is 3.94. The number of nitrogens with zero attached hydrogens (tertiary/aromatic N) is 1. The van der Waals surface area contributed by atoms with E-state index in [1.807, 2.05) is 0 Å². The van der Waals surface area contributed by atoms with Crippen molar-refractivity contribution in [3.8, 4) is 11.5 Å². The number of amides is 1. The Morgan fingerprint density at radius 1 is 1.16 bits per heavy atom. The fraction of sp³-hybridized carbons (Fsp3) is 0.235. The van der Waals surface area contributed by atoms with Gasteiger partial charge >= 0.3 is 0 Å².